The van der Waals surface area contributed by atoms with Crippen LogP contribution in [0, 0.1) is 11.3 Å². The molecule has 0 saturated carbocycles. The zero-order chi connectivity index (χ0) is 18.8. The standard InChI is InChI=1S/C21H29N3O2/c1-20(2,3)26-19(25)23-14-11-21(15-22,16-23)24-12-9-18(10-13-24)17-7-5-4-6-8-17/h4-8,18H,9-14,16H2,1-3H3. The monoisotopic (exact) mass is 355 g/mol. The van der Waals surface area contributed by atoms with E-state index in [2.05, 4.69) is 35.2 Å². The van der Waals surface area contributed by atoms with Gasteiger partial charge in [-0.3, -0.25) is 4.90 Å². The van der Waals surface area contributed by atoms with Crippen LogP contribution in [0.15, 0.2) is 30.3 Å². The molecule has 5 nitrogen and oxygen atoms in total. The van der Waals surface area contributed by atoms with E-state index < -0.39 is 11.1 Å². The molecule has 26 heavy (non-hydrogen) atoms. The molecule has 2 fully saturated rings. The van der Waals surface area contributed by atoms with Crippen LogP contribution >= 0.6 is 0 Å². The summed E-state index contributed by atoms with van der Waals surface area (Å²) in [6.07, 6.45) is 2.49. The molecule has 1 unspecified atom stereocenters. The summed E-state index contributed by atoms with van der Waals surface area (Å²) in [5, 5.41) is 9.91. The van der Waals surface area contributed by atoms with Gasteiger partial charge < -0.3 is 9.64 Å². The van der Waals surface area contributed by atoms with Crippen molar-refractivity contribution in [3.05, 3.63) is 35.9 Å². The Balaban J connectivity index is 1.62. The summed E-state index contributed by atoms with van der Waals surface area (Å²) in [4.78, 5) is 16.3. The van der Waals surface area contributed by atoms with Crippen molar-refractivity contribution in [1.82, 2.24) is 9.80 Å². The summed E-state index contributed by atoms with van der Waals surface area (Å²) in [5.41, 5.74) is 0.307. The molecule has 2 aliphatic heterocycles. The Bertz CT molecular complexity index is 669. The summed E-state index contributed by atoms with van der Waals surface area (Å²) in [6.45, 7) is 8.42. The Morgan fingerprint density at radius 2 is 1.85 bits per heavy atom. The first-order chi connectivity index (χ1) is 12.3. The molecule has 0 radical (unpaired) electrons. The number of likely N-dealkylation sites (tertiary alicyclic amines) is 2. The van der Waals surface area contributed by atoms with Crippen molar-refractivity contribution in [3.8, 4) is 6.07 Å². The third kappa shape index (κ3) is 4.02. The normalized spacial score (nSPS) is 25.1. The number of nitriles is 1. The van der Waals surface area contributed by atoms with Gasteiger partial charge in [-0.2, -0.15) is 5.26 Å². The van der Waals surface area contributed by atoms with Crippen molar-refractivity contribution in [2.75, 3.05) is 26.2 Å². The molecule has 140 valence electrons. The Morgan fingerprint density at radius 3 is 2.42 bits per heavy atom. The number of nitrogens with zero attached hydrogens (tertiary/aromatic N) is 3. The lowest BCUT2D eigenvalue weighted by Gasteiger charge is -2.40. The zero-order valence-corrected chi connectivity index (χ0v) is 16.1. The molecule has 0 N–H and O–H groups in total. The van der Waals surface area contributed by atoms with Crippen LogP contribution in [-0.4, -0.2) is 53.2 Å². The molecule has 1 aromatic rings. The highest BCUT2D eigenvalue weighted by Crippen LogP contribution is 2.35. The topological polar surface area (TPSA) is 56.6 Å². The van der Waals surface area contributed by atoms with Gasteiger partial charge in [0.1, 0.15) is 11.1 Å². The third-order valence-electron chi connectivity index (χ3n) is 5.48. The van der Waals surface area contributed by atoms with Crippen molar-refractivity contribution in [1.29, 1.82) is 5.26 Å². The Labute approximate surface area is 156 Å². The van der Waals surface area contributed by atoms with Gasteiger partial charge in [-0.05, 0) is 51.5 Å². The largest absolute Gasteiger partial charge is 0.444 e. The Kier molecular flexibility index (Phi) is 5.24. The van der Waals surface area contributed by atoms with E-state index in [0.717, 1.165) is 25.9 Å². The molecular formula is C21H29N3O2. The number of piperidine rings is 1. The van der Waals surface area contributed by atoms with Gasteiger partial charge in [0.05, 0.1) is 12.6 Å². The average Bonchev–Trinajstić information content (AvgIpc) is 3.07. The number of hydrogen-bond acceptors (Lipinski definition) is 4. The van der Waals surface area contributed by atoms with E-state index in [4.69, 9.17) is 4.74 Å². The smallest absolute Gasteiger partial charge is 0.410 e. The van der Waals surface area contributed by atoms with Gasteiger partial charge in [0.2, 0.25) is 0 Å². The van der Waals surface area contributed by atoms with Crippen molar-refractivity contribution in [2.45, 2.75) is 57.1 Å². The molecule has 5 heteroatoms. The predicted octanol–water partition coefficient (Wildman–Crippen LogP) is 3.77. The molecule has 0 bridgehead atoms. The van der Waals surface area contributed by atoms with Gasteiger partial charge in [0.15, 0.2) is 0 Å². The zero-order valence-electron chi connectivity index (χ0n) is 16.1. The van der Waals surface area contributed by atoms with E-state index >= 15 is 0 Å². The van der Waals surface area contributed by atoms with Crippen molar-refractivity contribution in [3.63, 3.8) is 0 Å². The van der Waals surface area contributed by atoms with E-state index in [1.165, 1.54) is 5.56 Å². The van der Waals surface area contributed by atoms with E-state index in [-0.39, 0.29) is 6.09 Å². The lowest BCUT2D eigenvalue weighted by atomic mass is 9.86. The van der Waals surface area contributed by atoms with Crippen LogP contribution in [0.5, 0.6) is 0 Å². The van der Waals surface area contributed by atoms with E-state index in [0.29, 0.717) is 25.4 Å². The molecule has 1 atom stereocenters. The van der Waals surface area contributed by atoms with E-state index in [1.54, 1.807) is 4.90 Å². The van der Waals surface area contributed by atoms with Crippen molar-refractivity contribution in [2.24, 2.45) is 0 Å². The lowest BCUT2D eigenvalue weighted by Crippen LogP contribution is -2.53. The van der Waals surface area contributed by atoms with Gasteiger partial charge >= 0.3 is 6.09 Å². The maximum Gasteiger partial charge on any atom is 0.410 e. The number of hydrogen-bond donors (Lipinski definition) is 0. The van der Waals surface area contributed by atoms with Crippen molar-refractivity contribution >= 4 is 6.09 Å². The SMILES string of the molecule is CC(C)(C)OC(=O)N1CCC(C#N)(N2CCC(c3ccccc3)CC2)C1. The van der Waals surface area contributed by atoms with E-state index in [1.807, 2.05) is 26.8 Å². The fourth-order valence-corrected chi connectivity index (χ4v) is 4.06. The Morgan fingerprint density at radius 1 is 1.19 bits per heavy atom. The summed E-state index contributed by atoms with van der Waals surface area (Å²) in [5.74, 6) is 0.562. The van der Waals surface area contributed by atoms with Crippen LogP contribution in [0.3, 0.4) is 0 Å². The maximum absolute atomic E-state index is 12.4. The molecule has 3 rings (SSSR count). The second-order valence-corrected chi connectivity index (χ2v) is 8.47. The summed E-state index contributed by atoms with van der Waals surface area (Å²) in [7, 11) is 0. The number of benzene rings is 1. The lowest BCUT2D eigenvalue weighted by molar-refractivity contribution is 0.0254. The molecular weight excluding hydrogens is 326 g/mol. The van der Waals surface area contributed by atoms with Gasteiger partial charge in [0, 0.05) is 19.6 Å². The van der Waals surface area contributed by atoms with Gasteiger partial charge in [0.25, 0.3) is 0 Å². The van der Waals surface area contributed by atoms with Gasteiger partial charge in [-0.1, -0.05) is 30.3 Å². The predicted molar refractivity (Wildman–Crippen MR) is 101 cm³/mol. The molecule has 2 aliphatic rings. The minimum absolute atomic E-state index is 0.311. The number of carbonyl (C=O) groups excluding carboxylic acids is 1. The van der Waals surface area contributed by atoms with E-state index in [9.17, 15) is 10.1 Å². The van der Waals surface area contributed by atoms with Crippen LogP contribution in [0.4, 0.5) is 4.79 Å². The van der Waals surface area contributed by atoms with Crippen LogP contribution in [0.25, 0.3) is 0 Å². The highest BCUT2D eigenvalue weighted by Gasteiger charge is 2.46. The van der Waals surface area contributed by atoms with Crippen LogP contribution in [0.2, 0.25) is 0 Å². The maximum atomic E-state index is 12.4. The number of amides is 1. The highest BCUT2D eigenvalue weighted by atomic mass is 16.6. The number of carbonyl (C=O) groups is 1. The highest BCUT2D eigenvalue weighted by molar-refractivity contribution is 5.69. The summed E-state index contributed by atoms with van der Waals surface area (Å²) < 4.78 is 5.48. The minimum Gasteiger partial charge on any atom is -0.444 e. The Hall–Kier alpha value is -2.06. The van der Waals surface area contributed by atoms with Crippen LogP contribution in [-0.2, 0) is 4.74 Å². The number of rotatable bonds is 2. The minimum atomic E-state index is -0.571. The first-order valence-electron chi connectivity index (χ1n) is 9.52. The molecule has 1 amide bonds. The van der Waals surface area contributed by atoms with Gasteiger partial charge in [-0.25, -0.2) is 4.79 Å². The fraction of sp³-hybridized carbons (Fsp3) is 0.619. The first kappa shape index (κ1) is 18.7. The molecule has 0 spiro atoms. The van der Waals surface area contributed by atoms with Crippen molar-refractivity contribution < 1.29 is 9.53 Å². The first-order valence-corrected chi connectivity index (χ1v) is 9.52. The second-order valence-electron chi connectivity index (χ2n) is 8.47. The third-order valence-corrected chi connectivity index (χ3v) is 5.48. The molecule has 2 heterocycles. The van der Waals surface area contributed by atoms with Gasteiger partial charge in [-0.15, -0.1) is 0 Å². The second kappa shape index (κ2) is 7.28. The van der Waals surface area contributed by atoms with Crippen LogP contribution in [0.1, 0.15) is 51.5 Å². The molecule has 0 aromatic heterocycles. The summed E-state index contributed by atoms with van der Waals surface area (Å²) in [6, 6.07) is 13.1. The summed E-state index contributed by atoms with van der Waals surface area (Å²) >= 11 is 0. The quantitative estimate of drug-likeness (QED) is 0.810. The molecule has 1 aromatic carbocycles. The average molecular weight is 355 g/mol. The van der Waals surface area contributed by atoms with Crippen LogP contribution < -0.4 is 0 Å². The fourth-order valence-electron chi connectivity index (χ4n) is 4.06. The molecule has 0 aliphatic carbocycles. The molecule has 2 saturated heterocycles. The number of ether oxygens (including phenoxy) is 1.